The van der Waals surface area contributed by atoms with E-state index in [-0.39, 0.29) is 5.69 Å². The lowest BCUT2D eigenvalue weighted by Crippen LogP contribution is -2.03. The van der Waals surface area contributed by atoms with Gasteiger partial charge in [0.1, 0.15) is 11.4 Å². The molecule has 1 N–H and O–H groups in total. The molecule has 16 heavy (non-hydrogen) atoms. The van der Waals surface area contributed by atoms with Gasteiger partial charge in [0.15, 0.2) is 5.82 Å². The van der Waals surface area contributed by atoms with Crippen LogP contribution < -0.4 is 4.72 Å². The number of benzene rings is 1. The first-order chi connectivity index (χ1) is 7.57. The second-order valence-electron chi connectivity index (χ2n) is 3.01. The van der Waals surface area contributed by atoms with Crippen molar-refractivity contribution in [3.8, 4) is 0 Å². The molecule has 0 heterocycles. The van der Waals surface area contributed by atoms with Gasteiger partial charge in [-0.1, -0.05) is 18.9 Å². The lowest BCUT2D eigenvalue weighted by Gasteiger charge is -2.08. The Labute approximate surface area is 101 Å². The average Bonchev–Trinajstić information content (AvgIpc) is 2.21. The van der Waals surface area contributed by atoms with Gasteiger partial charge >= 0.3 is 0 Å². The summed E-state index contributed by atoms with van der Waals surface area (Å²) in [5.74, 6) is -1.13. The fourth-order valence-corrected chi connectivity index (χ4v) is 1.83. The van der Waals surface area contributed by atoms with E-state index in [0.717, 1.165) is 18.2 Å². The van der Waals surface area contributed by atoms with Crippen molar-refractivity contribution in [2.24, 2.45) is 0 Å². The van der Waals surface area contributed by atoms with Crippen molar-refractivity contribution in [2.75, 3.05) is 10.5 Å². The van der Waals surface area contributed by atoms with Gasteiger partial charge in [-0.25, -0.2) is 8.78 Å². The van der Waals surface area contributed by atoms with E-state index >= 15 is 0 Å². The first-order valence-corrected chi connectivity index (χ1v) is 6.00. The second kappa shape index (κ2) is 6.06. The lowest BCUT2D eigenvalue weighted by molar-refractivity contribution is 0.107. The minimum atomic E-state index is -1.14. The van der Waals surface area contributed by atoms with Crippen molar-refractivity contribution in [3.63, 3.8) is 0 Å². The van der Waals surface area contributed by atoms with E-state index < -0.39 is 22.4 Å². The Balaban J connectivity index is 2.95. The molecule has 1 aromatic carbocycles. The Morgan fingerprint density at radius 3 is 2.75 bits per heavy atom. The summed E-state index contributed by atoms with van der Waals surface area (Å²) in [5.41, 5.74) is -0.660. The Morgan fingerprint density at radius 2 is 2.19 bits per heavy atom. The van der Waals surface area contributed by atoms with E-state index in [1.807, 2.05) is 6.92 Å². The van der Waals surface area contributed by atoms with Gasteiger partial charge in [-0.15, -0.1) is 0 Å². The van der Waals surface area contributed by atoms with Crippen molar-refractivity contribution in [1.82, 2.24) is 0 Å². The van der Waals surface area contributed by atoms with Crippen molar-refractivity contribution in [2.45, 2.75) is 13.3 Å². The summed E-state index contributed by atoms with van der Waals surface area (Å²) in [6.45, 7) is 1.98. The van der Waals surface area contributed by atoms with Crippen LogP contribution in [0.5, 0.6) is 0 Å². The Hall–Kier alpha value is -0.810. The van der Waals surface area contributed by atoms with E-state index in [1.165, 1.54) is 18.0 Å². The number of anilines is 1. The Morgan fingerprint density at radius 1 is 1.50 bits per heavy atom. The summed E-state index contributed by atoms with van der Waals surface area (Å²) < 4.78 is 29.4. The fraction of sp³-hybridized carbons (Fsp3) is 0.300. The SMILES string of the molecule is CCCSNc1ccc(F)c(C(=O)Cl)c1F. The zero-order chi connectivity index (χ0) is 12.1. The predicted octanol–water partition coefficient (Wildman–Crippen LogP) is 3.81. The Kier molecular flexibility index (Phi) is 5.02. The summed E-state index contributed by atoms with van der Waals surface area (Å²) in [4.78, 5) is 10.8. The van der Waals surface area contributed by atoms with E-state index in [4.69, 9.17) is 11.6 Å². The number of hydrogen-bond acceptors (Lipinski definition) is 3. The highest BCUT2D eigenvalue weighted by molar-refractivity contribution is 8.00. The zero-order valence-corrected chi connectivity index (χ0v) is 10.1. The highest BCUT2D eigenvalue weighted by Gasteiger charge is 2.18. The summed E-state index contributed by atoms with van der Waals surface area (Å²) in [6.07, 6.45) is 0.918. The van der Waals surface area contributed by atoms with Crippen molar-refractivity contribution in [3.05, 3.63) is 29.3 Å². The standard InChI is InChI=1S/C10H10ClF2NOS/c1-2-5-16-14-7-4-3-6(12)8(9(7)13)10(11)15/h3-4,14H,2,5H2,1H3. The zero-order valence-electron chi connectivity index (χ0n) is 8.52. The molecule has 1 rings (SSSR count). The molecule has 0 unspecified atom stereocenters. The first kappa shape index (κ1) is 13.3. The summed E-state index contributed by atoms with van der Waals surface area (Å²) in [6, 6.07) is 2.24. The van der Waals surface area contributed by atoms with E-state index in [2.05, 4.69) is 4.72 Å². The maximum atomic E-state index is 13.6. The molecule has 0 aliphatic carbocycles. The van der Waals surface area contributed by atoms with E-state index in [9.17, 15) is 13.6 Å². The van der Waals surface area contributed by atoms with Crippen LogP contribution in [-0.4, -0.2) is 11.0 Å². The van der Waals surface area contributed by atoms with Gasteiger partial charge in [0.2, 0.25) is 0 Å². The molecule has 0 amide bonds. The normalized spacial score (nSPS) is 10.2. The van der Waals surface area contributed by atoms with Crippen LogP contribution >= 0.6 is 23.5 Å². The molecule has 88 valence electrons. The number of nitrogens with one attached hydrogen (secondary N) is 1. The molecule has 0 aliphatic rings. The summed E-state index contributed by atoms with van der Waals surface area (Å²) >= 11 is 6.37. The van der Waals surface area contributed by atoms with Crippen LogP contribution in [0.15, 0.2) is 12.1 Å². The molecule has 0 fully saturated rings. The molecule has 0 atom stereocenters. The van der Waals surface area contributed by atoms with Crippen LogP contribution in [0.1, 0.15) is 23.7 Å². The molecule has 0 aromatic heterocycles. The smallest absolute Gasteiger partial charge is 0.258 e. The molecule has 0 saturated heterocycles. The molecule has 0 bridgehead atoms. The third kappa shape index (κ3) is 3.09. The van der Waals surface area contributed by atoms with Gasteiger partial charge < -0.3 is 4.72 Å². The molecule has 6 heteroatoms. The first-order valence-electron chi connectivity index (χ1n) is 4.63. The summed E-state index contributed by atoms with van der Waals surface area (Å²) in [7, 11) is 0. The molecule has 0 saturated carbocycles. The van der Waals surface area contributed by atoms with Gasteiger partial charge in [-0.2, -0.15) is 0 Å². The lowest BCUT2D eigenvalue weighted by atomic mass is 10.2. The van der Waals surface area contributed by atoms with Crippen molar-refractivity contribution in [1.29, 1.82) is 0 Å². The quantitative estimate of drug-likeness (QED) is 0.499. The minimum absolute atomic E-state index is 0.0591. The van der Waals surface area contributed by atoms with Crippen molar-refractivity contribution < 1.29 is 13.6 Å². The fourth-order valence-electron chi connectivity index (χ4n) is 1.04. The third-order valence-corrected chi connectivity index (χ3v) is 2.94. The summed E-state index contributed by atoms with van der Waals surface area (Å²) in [5, 5.41) is -1.14. The number of halogens is 3. The van der Waals surface area contributed by atoms with Gasteiger partial charge in [-0.3, -0.25) is 4.79 Å². The largest absolute Gasteiger partial charge is 0.327 e. The second-order valence-corrected chi connectivity index (χ2v) is 4.25. The highest BCUT2D eigenvalue weighted by Crippen LogP contribution is 2.24. The number of rotatable bonds is 5. The molecular weight excluding hydrogens is 256 g/mol. The van der Waals surface area contributed by atoms with Gasteiger partial charge in [0, 0.05) is 5.75 Å². The average molecular weight is 266 g/mol. The molecular formula is C10H10ClF2NOS. The van der Waals surface area contributed by atoms with Gasteiger partial charge in [0.25, 0.3) is 5.24 Å². The van der Waals surface area contributed by atoms with Crippen LogP contribution in [0, 0.1) is 11.6 Å². The maximum absolute atomic E-state index is 13.6. The number of carbonyl (C=O) groups excluding carboxylic acids is 1. The van der Waals surface area contributed by atoms with Crippen LogP contribution in [0.25, 0.3) is 0 Å². The van der Waals surface area contributed by atoms with Crippen LogP contribution in [0.2, 0.25) is 0 Å². The van der Waals surface area contributed by atoms with Crippen LogP contribution in [-0.2, 0) is 0 Å². The van der Waals surface area contributed by atoms with Crippen LogP contribution in [0.4, 0.5) is 14.5 Å². The van der Waals surface area contributed by atoms with Crippen LogP contribution in [0.3, 0.4) is 0 Å². The monoisotopic (exact) mass is 265 g/mol. The van der Waals surface area contributed by atoms with Gasteiger partial charge in [-0.05, 0) is 30.2 Å². The molecule has 0 aliphatic heterocycles. The number of carbonyl (C=O) groups is 1. The molecule has 0 spiro atoms. The topological polar surface area (TPSA) is 29.1 Å². The predicted molar refractivity (Wildman–Crippen MR) is 62.9 cm³/mol. The van der Waals surface area contributed by atoms with Crippen molar-refractivity contribution >= 4 is 34.5 Å². The molecule has 0 radical (unpaired) electrons. The Bertz CT molecular complexity index is 401. The highest BCUT2D eigenvalue weighted by atomic mass is 35.5. The van der Waals surface area contributed by atoms with Gasteiger partial charge in [0.05, 0.1) is 5.69 Å². The molecule has 2 nitrogen and oxygen atoms in total. The van der Waals surface area contributed by atoms with E-state index in [0.29, 0.717) is 0 Å². The van der Waals surface area contributed by atoms with E-state index in [1.54, 1.807) is 0 Å². The third-order valence-electron chi connectivity index (χ3n) is 1.78. The number of hydrogen-bond donors (Lipinski definition) is 1. The minimum Gasteiger partial charge on any atom is -0.327 e. The molecule has 1 aromatic rings. The maximum Gasteiger partial charge on any atom is 0.258 e.